The molecule has 1 aromatic heterocycles. The molecule has 3 N–H and O–H groups in total. The molecule has 0 spiro atoms. The summed E-state index contributed by atoms with van der Waals surface area (Å²) in [5, 5.41) is 8.23. The Balaban J connectivity index is 1.67. The number of ether oxygens (including phenoxy) is 3. The third-order valence-electron chi connectivity index (χ3n) is 5.43. The highest BCUT2D eigenvalue weighted by atomic mass is 16.5. The van der Waals surface area contributed by atoms with Crippen molar-refractivity contribution >= 4 is 34.6 Å². The fourth-order valence-corrected chi connectivity index (χ4v) is 3.43. The van der Waals surface area contributed by atoms with Gasteiger partial charge in [0.1, 0.15) is 22.9 Å². The summed E-state index contributed by atoms with van der Waals surface area (Å²) in [7, 11) is 4.60. The van der Waals surface area contributed by atoms with Crippen molar-refractivity contribution < 1.29 is 28.2 Å². The van der Waals surface area contributed by atoms with E-state index in [0.29, 0.717) is 34.3 Å². The highest BCUT2D eigenvalue weighted by molar-refractivity contribution is 6.08. The maximum absolute atomic E-state index is 13.3. The Morgan fingerprint density at radius 3 is 1.50 bits per heavy atom. The fraction of sp³-hybridized carbons (Fsp3) is 0.107. The Labute approximate surface area is 218 Å². The van der Waals surface area contributed by atoms with Crippen LogP contribution in [0.2, 0.25) is 0 Å². The first kappa shape index (κ1) is 25.8. The van der Waals surface area contributed by atoms with E-state index in [9.17, 15) is 14.4 Å². The summed E-state index contributed by atoms with van der Waals surface area (Å²) in [4.78, 5) is 39.3. The fourth-order valence-electron chi connectivity index (χ4n) is 3.43. The van der Waals surface area contributed by atoms with Crippen LogP contribution < -0.4 is 35.6 Å². The number of hydrogen-bond donors (Lipinski definition) is 3. The molecule has 0 aliphatic heterocycles. The highest BCUT2D eigenvalue weighted by Gasteiger charge is 2.23. The third kappa shape index (κ3) is 6.11. The van der Waals surface area contributed by atoms with Crippen LogP contribution in [-0.4, -0.2) is 33.1 Å². The molecule has 0 aliphatic rings. The van der Waals surface area contributed by atoms with E-state index in [2.05, 4.69) is 16.0 Å². The first-order valence-corrected chi connectivity index (χ1v) is 11.4. The van der Waals surface area contributed by atoms with Gasteiger partial charge >= 0.3 is 0 Å². The van der Waals surface area contributed by atoms with E-state index >= 15 is 0 Å². The zero-order chi connectivity index (χ0) is 27.1. The lowest BCUT2D eigenvalue weighted by Crippen LogP contribution is -2.22. The summed E-state index contributed by atoms with van der Waals surface area (Å²) in [5.41, 5.74) is 0.631. The predicted molar refractivity (Wildman–Crippen MR) is 143 cm³/mol. The molecule has 4 aromatic rings. The topological polar surface area (TPSA) is 128 Å². The molecule has 0 bridgehead atoms. The second kappa shape index (κ2) is 11.7. The van der Waals surface area contributed by atoms with Crippen LogP contribution in [0.4, 0.5) is 22.7 Å². The summed E-state index contributed by atoms with van der Waals surface area (Å²) in [5.74, 6) is -0.320. The van der Waals surface area contributed by atoms with Crippen molar-refractivity contribution in [2.24, 2.45) is 0 Å². The summed E-state index contributed by atoms with van der Waals surface area (Å²) in [6.07, 6.45) is 0. The quantitative estimate of drug-likeness (QED) is 0.287. The molecule has 10 heteroatoms. The number of methoxy groups -OCH3 is 3. The van der Waals surface area contributed by atoms with E-state index in [0.717, 1.165) is 6.07 Å². The van der Waals surface area contributed by atoms with Crippen molar-refractivity contribution in [1.82, 2.24) is 0 Å². The predicted octanol–water partition coefficient (Wildman–Crippen LogP) is 4.91. The number of nitrogens with one attached hydrogen (secondary N) is 3. The minimum atomic E-state index is -0.734. The van der Waals surface area contributed by atoms with Gasteiger partial charge in [-0.1, -0.05) is 0 Å². The molecule has 0 aliphatic carbocycles. The lowest BCUT2D eigenvalue weighted by molar-refractivity contribution is 0.0969. The van der Waals surface area contributed by atoms with Crippen molar-refractivity contribution in [3.8, 4) is 17.2 Å². The monoisotopic (exact) mass is 515 g/mol. The summed E-state index contributed by atoms with van der Waals surface area (Å²) in [6, 6.07) is 20.9. The molecular weight excluding hydrogens is 490 g/mol. The maximum Gasteiger partial charge on any atom is 0.293 e. The summed E-state index contributed by atoms with van der Waals surface area (Å²) >= 11 is 0. The molecule has 3 aromatic carbocycles. The Hall–Kier alpha value is -5.25. The van der Waals surface area contributed by atoms with Gasteiger partial charge in [0.25, 0.3) is 11.8 Å². The van der Waals surface area contributed by atoms with E-state index in [-0.39, 0.29) is 17.2 Å². The van der Waals surface area contributed by atoms with Gasteiger partial charge in [-0.15, -0.1) is 0 Å². The Morgan fingerprint density at radius 1 is 0.632 bits per heavy atom. The molecule has 0 fully saturated rings. The molecule has 194 valence electrons. The smallest absolute Gasteiger partial charge is 0.293 e. The average Bonchev–Trinajstić information content (AvgIpc) is 2.95. The van der Waals surface area contributed by atoms with E-state index in [1.54, 1.807) is 72.8 Å². The Kier molecular flexibility index (Phi) is 7.92. The first-order valence-electron chi connectivity index (χ1n) is 11.4. The number of hydrogen-bond acceptors (Lipinski definition) is 8. The number of carbonyl (C=O) groups is 2. The van der Waals surface area contributed by atoms with Crippen molar-refractivity contribution in [2.45, 2.75) is 0 Å². The Bertz CT molecular complexity index is 1480. The zero-order valence-electron chi connectivity index (χ0n) is 20.9. The van der Waals surface area contributed by atoms with Crippen LogP contribution in [0.15, 0.2) is 88.1 Å². The molecule has 0 saturated heterocycles. The SMILES string of the molecule is COc1ccc(NC(=O)c2cc(=O)c(Nc3ccc(OC)cc3)c(C(=O)Nc3ccc(OC)cc3)o2)cc1. The van der Waals surface area contributed by atoms with Crippen molar-refractivity contribution in [3.63, 3.8) is 0 Å². The zero-order valence-corrected chi connectivity index (χ0v) is 20.9. The van der Waals surface area contributed by atoms with Gasteiger partial charge in [0, 0.05) is 23.1 Å². The van der Waals surface area contributed by atoms with Crippen LogP contribution >= 0.6 is 0 Å². The number of carbonyl (C=O) groups excluding carboxylic acids is 2. The van der Waals surface area contributed by atoms with Gasteiger partial charge < -0.3 is 34.6 Å². The molecule has 4 rings (SSSR count). The molecule has 0 radical (unpaired) electrons. The normalized spacial score (nSPS) is 10.3. The average molecular weight is 516 g/mol. The number of rotatable bonds is 9. The van der Waals surface area contributed by atoms with Crippen LogP contribution in [0.3, 0.4) is 0 Å². The molecule has 0 saturated carbocycles. The van der Waals surface area contributed by atoms with Gasteiger partial charge in [-0.25, -0.2) is 0 Å². The van der Waals surface area contributed by atoms with Gasteiger partial charge in [-0.3, -0.25) is 14.4 Å². The van der Waals surface area contributed by atoms with E-state index in [4.69, 9.17) is 18.6 Å². The lowest BCUT2D eigenvalue weighted by atomic mass is 10.2. The third-order valence-corrected chi connectivity index (χ3v) is 5.43. The van der Waals surface area contributed by atoms with Gasteiger partial charge in [0.05, 0.1) is 21.3 Å². The van der Waals surface area contributed by atoms with E-state index in [1.165, 1.54) is 21.3 Å². The van der Waals surface area contributed by atoms with Crippen LogP contribution in [0.25, 0.3) is 0 Å². The molecule has 2 amide bonds. The minimum Gasteiger partial charge on any atom is -0.497 e. The largest absolute Gasteiger partial charge is 0.497 e. The van der Waals surface area contributed by atoms with Gasteiger partial charge in [0.2, 0.25) is 11.2 Å². The summed E-state index contributed by atoms with van der Waals surface area (Å²) < 4.78 is 21.1. The molecule has 1 heterocycles. The number of benzene rings is 3. The molecular formula is C28H25N3O7. The Morgan fingerprint density at radius 2 is 1.05 bits per heavy atom. The number of anilines is 4. The van der Waals surface area contributed by atoms with Crippen molar-refractivity contribution in [3.05, 3.63) is 101 Å². The van der Waals surface area contributed by atoms with Gasteiger partial charge in [0.15, 0.2) is 5.76 Å². The molecule has 10 nitrogen and oxygen atoms in total. The second-order valence-electron chi connectivity index (χ2n) is 7.90. The standard InChI is InChI=1S/C28H25N3O7/c1-35-20-10-4-17(5-11-20)29-25-23(32)16-24(27(33)30-18-6-12-21(36-2)13-7-18)38-26(25)28(34)31-19-8-14-22(37-3)15-9-19/h4-16,29H,1-3H3,(H,30,33)(H,31,34). The first-order chi connectivity index (χ1) is 18.4. The molecule has 38 heavy (non-hydrogen) atoms. The van der Waals surface area contributed by atoms with Crippen molar-refractivity contribution in [1.29, 1.82) is 0 Å². The van der Waals surface area contributed by atoms with Crippen LogP contribution in [0.5, 0.6) is 17.2 Å². The van der Waals surface area contributed by atoms with E-state index < -0.39 is 17.2 Å². The van der Waals surface area contributed by atoms with E-state index in [1.807, 2.05) is 0 Å². The lowest BCUT2D eigenvalue weighted by Gasteiger charge is -2.13. The highest BCUT2D eigenvalue weighted by Crippen LogP contribution is 2.24. The van der Waals surface area contributed by atoms with Crippen molar-refractivity contribution in [2.75, 3.05) is 37.3 Å². The second-order valence-corrected chi connectivity index (χ2v) is 7.90. The van der Waals surface area contributed by atoms with Gasteiger partial charge in [-0.05, 0) is 72.8 Å². The van der Waals surface area contributed by atoms with Gasteiger partial charge in [-0.2, -0.15) is 0 Å². The molecule has 0 unspecified atom stereocenters. The number of amides is 2. The summed E-state index contributed by atoms with van der Waals surface area (Å²) in [6.45, 7) is 0. The van der Waals surface area contributed by atoms with Crippen LogP contribution in [0.1, 0.15) is 21.1 Å². The maximum atomic E-state index is 13.3. The van der Waals surface area contributed by atoms with Crippen LogP contribution in [-0.2, 0) is 0 Å². The van der Waals surface area contributed by atoms with Crippen LogP contribution in [0, 0.1) is 0 Å². The molecule has 0 atom stereocenters. The minimum absolute atomic E-state index is 0.137.